The van der Waals surface area contributed by atoms with E-state index in [1.54, 1.807) is 37.3 Å². The molecule has 2 atom stereocenters. The Balaban J connectivity index is 0.00000448. The molecule has 0 bridgehead atoms. The number of nitrogens with zero attached hydrogens (tertiary/aromatic N) is 1. The van der Waals surface area contributed by atoms with Crippen molar-refractivity contribution in [2.24, 2.45) is 0 Å². The van der Waals surface area contributed by atoms with Gasteiger partial charge in [-0.25, -0.2) is 0 Å². The number of aromatic hydroxyl groups is 1. The van der Waals surface area contributed by atoms with Crippen LogP contribution >= 0.6 is 12.2 Å². The lowest BCUT2D eigenvalue weighted by Gasteiger charge is -2.41. The zero-order valence-corrected chi connectivity index (χ0v) is 53.2. The number of amides is 1. The summed E-state index contributed by atoms with van der Waals surface area (Å²) >= 11 is 5.47. The smallest absolute Gasteiger partial charge is 0.416 e. The van der Waals surface area contributed by atoms with Crippen molar-refractivity contribution >= 4 is 46.0 Å². The predicted molar refractivity (Wildman–Crippen MR) is 342 cm³/mol. The van der Waals surface area contributed by atoms with Gasteiger partial charge < -0.3 is 82.3 Å². The number of ether oxygens (including phenoxy) is 12. The number of anilines is 1. The minimum Gasteiger partial charge on any atom is -0.508 e. The molecule has 93 heavy (non-hydrogen) atoms. The molecule has 0 aromatic heterocycles. The molecule has 3 aliphatic rings. The fourth-order valence-electron chi connectivity index (χ4n) is 9.87. The van der Waals surface area contributed by atoms with Gasteiger partial charge >= 0.3 is 12.3 Å². The third-order valence-electron chi connectivity index (χ3n) is 14.0. The lowest BCUT2D eigenvalue weighted by Crippen LogP contribution is -2.47. The van der Waals surface area contributed by atoms with E-state index in [0.29, 0.717) is 199 Å². The van der Waals surface area contributed by atoms with Crippen LogP contribution in [0.5, 0.6) is 5.75 Å². The van der Waals surface area contributed by atoms with Crippen LogP contribution in [0, 0.1) is 6.92 Å². The van der Waals surface area contributed by atoms with Crippen LogP contribution in [0.4, 0.5) is 18.9 Å². The number of fused-ring (bicyclic) bond motifs is 2. The molecule has 0 saturated carbocycles. The molecule has 0 unspecified atom stereocenters. The SMILES string of the molecule is Cc1cc(CO[C@H]2CCCN(CC(=O)NCCOCCOCCOCCOCCOCCOCCOCCOCCOCCOCCOCCNC(=S)Nc3ccc(-c4c5ccc(=O)cc-5oc5cc(O)ccc45)cc3)[C@H]2c2ccccc2)cc(C(F)(F)F)c1.O=C=O. The molecular weight excluding hydrogens is 1240 g/mol. The summed E-state index contributed by atoms with van der Waals surface area (Å²) in [6.07, 6.45) is -3.00. The average Bonchev–Trinajstić information content (AvgIpc) is 0.774. The summed E-state index contributed by atoms with van der Waals surface area (Å²) in [5, 5.41) is 20.6. The Morgan fingerprint density at radius 1 is 0.634 bits per heavy atom. The maximum atomic E-state index is 13.5. The highest BCUT2D eigenvalue weighted by molar-refractivity contribution is 7.80. The molecule has 2 heterocycles. The molecule has 508 valence electrons. The van der Waals surface area contributed by atoms with E-state index in [0.717, 1.165) is 51.9 Å². The minimum absolute atomic E-state index is 0.0337. The number of alkyl halides is 3. The first-order chi connectivity index (χ1) is 45.3. The standard InChI is InChI=1S/C66H85F3N4O16S.CO2/c1-49-42-50(44-53(43-49)66(67,68)69)48-88-59-8-5-19-73(64(59)52-6-3-2-4-7-52)47-62(76)70-17-20-77-22-24-79-26-28-81-30-32-83-34-36-85-38-40-87-41-39-86-37-35-84-33-31-82-29-27-80-25-23-78-21-18-71-65(90)72-54-11-9-51(10-12-54)63-57-15-13-55(74)45-60(57)89-61-46-56(75)14-16-58(61)63;2-1-3/h2-4,6-7,9-16,42-46,59,64,74H,5,8,17-41,47-48H2,1H3,(H,70,76)(H2,71,72,90);/t59-,64-;/m0./s1. The number of rotatable bonds is 44. The van der Waals surface area contributed by atoms with Crippen LogP contribution in [-0.4, -0.2) is 205 Å². The van der Waals surface area contributed by atoms with Gasteiger partial charge in [0.1, 0.15) is 17.1 Å². The highest BCUT2D eigenvalue weighted by atomic mass is 32.1. The Hall–Kier alpha value is -6.82. The third kappa shape index (κ3) is 29.2. The molecule has 1 amide bonds. The quantitative estimate of drug-likeness (QED) is 0.0160. The number of nitrogens with one attached hydrogen (secondary N) is 3. The van der Waals surface area contributed by atoms with Crippen molar-refractivity contribution in [1.29, 1.82) is 0 Å². The summed E-state index contributed by atoms with van der Waals surface area (Å²) in [6.45, 7) is 12.8. The molecule has 0 radical (unpaired) electrons. The number of hydrogen-bond acceptors (Lipinski definition) is 20. The number of phenols is 1. The second-order valence-electron chi connectivity index (χ2n) is 21.0. The summed E-state index contributed by atoms with van der Waals surface area (Å²) in [4.78, 5) is 43.4. The number of aryl methyl sites for hydroxylation is 1. The van der Waals surface area contributed by atoms with Gasteiger partial charge in [-0.15, -0.1) is 0 Å². The highest BCUT2D eigenvalue weighted by Crippen LogP contribution is 2.41. The number of carbonyl (C=O) groups is 1. The first kappa shape index (κ1) is 75.2. The number of halogens is 3. The lowest BCUT2D eigenvalue weighted by atomic mass is 9.92. The van der Waals surface area contributed by atoms with Crippen molar-refractivity contribution in [1.82, 2.24) is 15.5 Å². The van der Waals surface area contributed by atoms with Crippen molar-refractivity contribution < 1.29 is 93.9 Å². The maximum Gasteiger partial charge on any atom is 0.416 e. The Kier molecular flexibility index (Phi) is 35.6. The van der Waals surface area contributed by atoms with Gasteiger partial charge in [0.15, 0.2) is 10.5 Å². The van der Waals surface area contributed by atoms with Crippen LogP contribution in [0.2, 0.25) is 0 Å². The molecule has 1 saturated heterocycles. The van der Waals surface area contributed by atoms with E-state index >= 15 is 0 Å². The summed E-state index contributed by atoms with van der Waals surface area (Å²) in [5.74, 6) is 0.367. The summed E-state index contributed by atoms with van der Waals surface area (Å²) in [7, 11) is 0. The van der Waals surface area contributed by atoms with Gasteiger partial charge in [-0.3, -0.25) is 14.5 Å². The number of benzene rings is 5. The zero-order chi connectivity index (χ0) is 66.1. The molecule has 0 spiro atoms. The van der Waals surface area contributed by atoms with E-state index in [9.17, 15) is 27.9 Å². The van der Waals surface area contributed by atoms with Crippen molar-refractivity contribution in [3.63, 3.8) is 0 Å². The van der Waals surface area contributed by atoms with Crippen LogP contribution in [0.1, 0.15) is 41.1 Å². The second-order valence-corrected chi connectivity index (χ2v) is 21.4. The Bertz CT molecular complexity index is 3140. The van der Waals surface area contributed by atoms with E-state index in [4.69, 9.17) is 83.1 Å². The van der Waals surface area contributed by atoms with Gasteiger partial charge in [0.05, 0.1) is 176 Å². The van der Waals surface area contributed by atoms with Gasteiger partial charge in [0, 0.05) is 47.4 Å². The van der Waals surface area contributed by atoms with Gasteiger partial charge in [-0.05, 0) is 104 Å². The monoisotopic (exact) mass is 1320 g/mol. The molecule has 22 nitrogen and oxygen atoms in total. The van der Waals surface area contributed by atoms with Crippen LogP contribution in [0.25, 0.3) is 33.4 Å². The summed E-state index contributed by atoms with van der Waals surface area (Å²) in [6, 6.07) is 30.9. The van der Waals surface area contributed by atoms with Gasteiger partial charge in [-0.2, -0.15) is 22.8 Å². The second kappa shape index (κ2) is 44.0. The van der Waals surface area contributed by atoms with Crippen molar-refractivity contribution in [2.45, 2.75) is 44.7 Å². The fraction of sp³-hybridized carbons (Fsp3) is 0.493. The van der Waals surface area contributed by atoms with Crippen LogP contribution in [0.3, 0.4) is 0 Å². The third-order valence-corrected chi connectivity index (χ3v) is 14.3. The van der Waals surface area contributed by atoms with Gasteiger partial charge in [0.25, 0.3) is 0 Å². The first-order valence-corrected chi connectivity index (χ1v) is 31.3. The number of carbonyl (C=O) groups excluding carboxylic acids is 3. The lowest BCUT2D eigenvalue weighted by molar-refractivity contribution is -0.191. The molecule has 4 aromatic carbocycles. The van der Waals surface area contributed by atoms with E-state index in [1.807, 2.05) is 54.6 Å². The number of piperidine rings is 1. The number of hydrogen-bond donors (Lipinski definition) is 4. The minimum atomic E-state index is -4.44. The molecule has 2 aliphatic heterocycles. The maximum absolute atomic E-state index is 13.5. The normalized spacial score (nSPS) is 14.2. The number of phenolic OH excluding ortho intramolecular Hbond substituents is 1. The highest BCUT2D eigenvalue weighted by Gasteiger charge is 2.35. The topological polar surface area (TPSA) is 252 Å². The predicted octanol–water partition coefficient (Wildman–Crippen LogP) is 8.02. The molecular formula is C67H85F3N4O18S. The number of thiocarbonyl (C=S) groups is 1. The van der Waals surface area contributed by atoms with Crippen molar-refractivity contribution in [2.75, 3.05) is 177 Å². The molecule has 7 rings (SSSR count). The zero-order valence-electron chi connectivity index (χ0n) is 52.4. The van der Waals surface area contributed by atoms with E-state index in [-0.39, 0.29) is 48.5 Å². The first-order valence-electron chi connectivity index (χ1n) is 30.9. The average molecular weight is 1320 g/mol. The van der Waals surface area contributed by atoms with E-state index in [1.165, 1.54) is 12.1 Å². The van der Waals surface area contributed by atoms with E-state index in [2.05, 4.69) is 20.9 Å². The van der Waals surface area contributed by atoms with Crippen LogP contribution in [-0.2, 0) is 84.0 Å². The summed E-state index contributed by atoms with van der Waals surface area (Å²) in [5.41, 5.74) is 4.99. The molecule has 1 fully saturated rings. The van der Waals surface area contributed by atoms with E-state index < -0.39 is 11.7 Å². The van der Waals surface area contributed by atoms with Gasteiger partial charge in [-0.1, -0.05) is 54.1 Å². The van der Waals surface area contributed by atoms with Crippen LogP contribution < -0.4 is 21.4 Å². The molecule has 26 heteroatoms. The summed E-state index contributed by atoms with van der Waals surface area (Å²) < 4.78 is 114. The number of likely N-dealkylation sites (tertiary alicyclic amines) is 1. The van der Waals surface area contributed by atoms with Gasteiger partial charge in [0.2, 0.25) is 5.91 Å². The van der Waals surface area contributed by atoms with Crippen molar-refractivity contribution in [3.05, 3.63) is 142 Å². The Morgan fingerprint density at radius 3 is 1.66 bits per heavy atom. The molecule has 4 N–H and O–H groups in total. The fourth-order valence-corrected chi connectivity index (χ4v) is 10.1. The Labute approximate surface area is 544 Å². The Morgan fingerprint density at radius 2 is 1.14 bits per heavy atom. The molecule has 4 aromatic rings. The van der Waals surface area contributed by atoms with Crippen LogP contribution in [0.15, 0.2) is 118 Å². The largest absolute Gasteiger partial charge is 0.508 e. The molecule has 1 aliphatic carbocycles. The van der Waals surface area contributed by atoms with Crippen molar-refractivity contribution in [3.8, 4) is 28.2 Å².